The first-order chi connectivity index (χ1) is 12.5. The van der Waals surface area contributed by atoms with Gasteiger partial charge in [0.2, 0.25) is 5.91 Å². The van der Waals surface area contributed by atoms with Crippen LogP contribution in [0.5, 0.6) is 11.5 Å². The third-order valence-corrected chi connectivity index (χ3v) is 3.81. The fraction of sp³-hybridized carbons (Fsp3) is 0.300. The molecule has 0 fully saturated rings. The third kappa shape index (κ3) is 6.12. The highest BCUT2D eigenvalue weighted by Crippen LogP contribution is 2.28. The first-order valence-corrected chi connectivity index (χ1v) is 8.38. The second-order valence-corrected chi connectivity index (χ2v) is 6.01. The minimum absolute atomic E-state index is 0.0143. The number of carbonyl (C=O) groups excluding carboxylic acids is 2. The number of amides is 2. The molecule has 6 heteroatoms. The Labute approximate surface area is 153 Å². The zero-order valence-electron chi connectivity index (χ0n) is 15.1. The number of rotatable bonds is 9. The standard InChI is InChI=1S/C20H24N2O4/c1-14-4-3-5-15(10-14)7-9-20(24)22-12-16-6-8-17(18(11-16)25-2)26-13-19(21)23/h3-6,8,10-11H,7,9,12-13H2,1-2H3,(H2,21,23)(H,22,24). The van der Waals surface area contributed by atoms with E-state index >= 15 is 0 Å². The molecule has 0 radical (unpaired) electrons. The Hall–Kier alpha value is -3.02. The van der Waals surface area contributed by atoms with Crippen molar-refractivity contribution in [2.45, 2.75) is 26.3 Å². The summed E-state index contributed by atoms with van der Waals surface area (Å²) in [6.07, 6.45) is 1.14. The van der Waals surface area contributed by atoms with Crippen molar-refractivity contribution in [3.8, 4) is 11.5 Å². The number of hydrogen-bond acceptors (Lipinski definition) is 4. The predicted octanol–water partition coefficient (Wildman–Crippen LogP) is 2.12. The first kappa shape index (κ1) is 19.3. The van der Waals surface area contributed by atoms with Crippen molar-refractivity contribution in [3.63, 3.8) is 0 Å². The van der Waals surface area contributed by atoms with Gasteiger partial charge in [-0.2, -0.15) is 0 Å². The Morgan fingerprint density at radius 2 is 1.88 bits per heavy atom. The van der Waals surface area contributed by atoms with E-state index in [0.717, 1.165) is 11.1 Å². The molecule has 6 nitrogen and oxygen atoms in total. The monoisotopic (exact) mass is 356 g/mol. The highest BCUT2D eigenvalue weighted by molar-refractivity contribution is 5.76. The molecule has 0 heterocycles. The van der Waals surface area contributed by atoms with Crippen LogP contribution in [0.15, 0.2) is 42.5 Å². The lowest BCUT2D eigenvalue weighted by Gasteiger charge is -2.12. The molecule has 2 rings (SSSR count). The lowest BCUT2D eigenvalue weighted by Crippen LogP contribution is -2.23. The summed E-state index contributed by atoms with van der Waals surface area (Å²) in [4.78, 5) is 22.9. The van der Waals surface area contributed by atoms with Crippen LogP contribution in [0.2, 0.25) is 0 Å². The van der Waals surface area contributed by atoms with Gasteiger partial charge in [-0.3, -0.25) is 9.59 Å². The quantitative estimate of drug-likeness (QED) is 0.720. The molecular weight excluding hydrogens is 332 g/mol. The molecule has 0 aromatic heterocycles. The van der Waals surface area contributed by atoms with Crippen LogP contribution < -0.4 is 20.5 Å². The summed E-state index contributed by atoms with van der Waals surface area (Å²) < 4.78 is 10.5. The molecule has 138 valence electrons. The molecule has 26 heavy (non-hydrogen) atoms. The van der Waals surface area contributed by atoms with Crippen LogP contribution in [0.4, 0.5) is 0 Å². The van der Waals surface area contributed by atoms with Crippen molar-refractivity contribution in [2.24, 2.45) is 5.73 Å². The second kappa shape index (κ2) is 9.46. The number of aryl methyl sites for hydroxylation is 2. The van der Waals surface area contributed by atoms with Gasteiger partial charge in [-0.15, -0.1) is 0 Å². The predicted molar refractivity (Wildman–Crippen MR) is 99.0 cm³/mol. The Morgan fingerprint density at radius 1 is 1.08 bits per heavy atom. The van der Waals surface area contributed by atoms with Crippen molar-refractivity contribution < 1.29 is 19.1 Å². The number of nitrogens with two attached hydrogens (primary N) is 1. The largest absolute Gasteiger partial charge is 0.493 e. The number of methoxy groups -OCH3 is 1. The van der Waals surface area contributed by atoms with Crippen LogP contribution in [0.3, 0.4) is 0 Å². The fourth-order valence-electron chi connectivity index (χ4n) is 2.50. The van der Waals surface area contributed by atoms with Crippen LogP contribution in [-0.4, -0.2) is 25.5 Å². The van der Waals surface area contributed by atoms with Gasteiger partial charge in [-0.1, -0.05) is 35.9 Å². The Morgan fingerprint density at radius 3 is 2.58 bits per heavy atom. The maximum atomic E-state index is 12.1. The molecule has 0 saturated heterocycles. The average molecular weight is 356 g/mol. The molecule has 2 amide bonds. The summed E-state index contributed by atoms with van der Waals surface area (Å²) in [7, 11) is 1.51. The maximum absolute atomic E-state index is 12.1. The number of benzene rings is 2. The van der Waals surface area contributed by atoms with E-state index in [2.05, 4.69) is 11.4 Å². The third-order valence-electron chi connectivity index (χ3n) is 3.81. The number of nitrogens with one attached hydrogen (secondary N) is 1. The fourth-order valence-corrected chi connectivity index (χ4v) is 2.50. The summed E-state index contributed by atoms with van der Waals surface area (Å²) >= 11 is 0. The van der Waals surface area contributed by atoms with E-state index in [9.17, 15) is 9.59 Å². The highest BCUT2D eigenvalue weighted by Gasteiger charge is 2.08. The molecule has 0 aliphatic heterocycles. The molecule has 0 aliphatic rings. The smallest absolute Gasteiger partial charge is 0.255 e. The average Bonchev–Trinajstić information content (AvgIpc) is 2.63. The van der Waals surface area contributed by atoms with E-state index < -0.39 is 5.91 Å². The van der Waals surface area contributed by atoms with Gasteiger partial charge in [0.05, 0.1) is 7.11 Å². The molecule has 0 atom stereocenters. The number of hydrogen-bond donors (Lipinski definition) is 2. The SMILES string of the molecule is COc1cc(CNC(=O)CCc2cccc(C)c2)ccc1OCC(N)=O. The number of ether oxygens (including phenoxy) is 2. The topological polar surface area (TPSA) is 90.7 Å². The normalized spacial score (nSPS) is 10.2. The highest BCUT2D eigenvalue weighted by atomic mass is 16.5. The summed E-state index contributed by atoms with van der Waals surface area (Å²) in [6.45, 7) is 2.21. The second-order valence-electron chi connectivity index (χ2n) is 6.01. The van der Waals surface area contributed by atoms with Crippen molar-refractivity contribution >= 4 is 11.8 Å². The van der Waals surface area contributed by atoms with Crippen molar-refractivity contribution in [3.05, 3.63) is 59.2 Å². The van der Waals surface area contributed by atoms with E-state index in [1.165, 1.54) is 12.7 Å². The summed E-state index contributed by atoms with van der Waals surface area (Å²) in [5.41, 5.74) is 8.28. The van der Waals surface area contributed by atoms with Gasteiger partial charge in [0.25, 0.3) is 5.91 Å². The zero-order chi connectivity index (χ0) is 18.9. The molecule has 0 bridgehead atoms. The van der Waals surface area contributed by atoms with Gasteiger partial charge in [0.15, 0.2) is 18.1 Å². The summed E-state index contributed by atoms with van der Waals surface area (Å²) in [5, 5.41) is 2.90. The number of primary amides is 1. The molecule has 3 N–H and O–H groups in total. The summed E-state index contributed by atoms with van der Waals surface area (Å²) in [5.74, 6) is 0.343. The van der Waals surface area contributed by atoms with Gasteiger partial charge < -0.3 is 20.5 Å². The molecular formula is C20H24N2O4. The van der Waals surface area contributed by atoms with Gasteiger partial charge in [0.1, 0.15) is 0 Å². The van der Waals surface area contributed by atoms with Crippen molar-refractivity contribution in [1.29, 1.82) is 0 Å². The Bertz CT molecular complexity index is 774. The Kier molecular flexibility index (Phi) is 7.02. The molecule has 2 aromatic carbocycles. The first-order valence-electron chi connectivity index (χ1n) is 8.38. The van der Waals surface area contributed by atoms with Crippen LogP contribution in [0.25, 0.3) is 0 Å². The molecule has 0 spiro atoms. The molecule has 2 aromatic rings. The van der Waals surface area contributed by atoms with Gasteiger partial charge in [-0.05, 0) is 36.6 Å². The van der Waals surface area contributed by atoms with Gasteiger partial charge in [-0.25, -0.2) is 0 Å². The van der Waals surface area contributed by atoms with Crippen LogP contribution in [0.1, 0.15) is 23.1 Å². The van der Waals surface area contributed by atoms with Crippen LogP contribution in [0, 0.1) is 6.92 Å². The van der Waals surface area contributed by atoms with Gasteiger partial charge in [0, 0.05) is 13.0 Å². The minimum Gasteiger partial charge on any atom is -0.493 e. The van der Waals surface area contributed by atoms with E-state index in [1.54, 1.807) is 18.2 Å². The van der Waals surface area contributed by atoms with Gasteiger partial charge >= 0.3 is 0 Å². The molecule has 0 unspecified atom stereocenters. The minimum atomic E-state index is -0.558. The van der Waals surface area contributed by atoms with Crippen LogP contribution in [-0.2, 0) is 22.6 Å². The maximum Gasteiger partial charge on any atom is 0.255 e. The summed E-state index contributed by atoms with van der Waals surface area (Å²) in [6, 6.07) is 13.4. The lowest BCUT2D eigenvalue weighted by molar-refractivity contribution is -0.121. The number of carbonyl (C=O) groups is 2. The van der Waals surface area contributed by atoms with Crippen molar-refractivity contribution in [2.75, 3.05) is 13.7 Å². The Balaban J connectivity index is 1.86. The van der Waals surface area contributed by atoms with E-state index in [0.29, 0.717) is 30.9 Å². The van der Waals surface area contributed by atoms with E-state index in [1.807, 2.05) is 25.1 Å². The molecule has 0 aliphatic carbocycles. The van der Waals surface area contributed by atoms with E-state index in [-0.39, 0.29) is 12.5 Å². The molecule has 0 saturated carbocycles. The zero-order valence-corrected chi connectivity index (χ0v) is 15.1. The van der Waals surface area contributed by atoms with Crippen LogP contribution >= 0.6 is 0 Å². The van der Waals surface area contributed by atoms with E-state index in [4.69, 9.17) is 15.2 Å². The lowest BCUT2D eigenvalue weighted by atomic mass is 10.1. The van der Waals surface area contributed by atoms with Crippen molar-refractivity contribution in [1.82, 2.24) is 5.32 Å².